The first kappa shape index (κ1) is 18.4. The Morgan fingerprint density at radius 2 is 1.96 bits per heavy atom. The first-order chi connectivity index (χ1) is 12.1. The second kappa shape index (κ2) is 8.30. The minimum absolute atomic E-state index is 0.0480. The van der Waals surface area contributed by atoms with Crippen LogP contribution in [0.1, 0.15) is 50.5 Å². The molecular formula is C20H31N3O2. The predicted molar refractivity (Wildman–Crippen MR) is 100 cm³/mol. The van der Waals surface area contributed by atoms with Crippen LogP contribution in [0.4, 0.5) is 5.69 Å². The number of benzene rings is 1. The number of hydrogen-bond donors (Lipinski definition) is 3. The van der Waals surface area contributed by atoms with Gasteiger partial charge in [-0.25, -0.2) is 0 Å². The van der Waals surface area contributed by atoms with E-state index in [-0.39, 0.29) is 5.91 Å². The molecule has 1 heterocycles. The van der Waals surface area contributed by atoms with Gasteiger partial charge >= 0.3 is 0 Å². The monoisotopic (exact) mass is 345 g/mol. The fraction of sp³-hybridized carbons (Fsp3) is 0.650. The molecule has 3 rings (SSSR count). The summed E-state index contributed by atoms with van der Waals surface area (Å²) in [4.78, 5) is 15.0. The minimum atomic E-state index is -0.708. The van der Waals surface area contributed by atoms with Crippen LogP contribution in [0, 0.1) is 5.92 Å². The first-order valence-corrected chi connectivity index (χ1v) is 9.61. The number of aliphatic hydroxyl groups excluding tert-OH is 1. The minimum Gasteiger partial charge on any atom is -0.396 e. The van der Waals surface area contributed by atoms with Gasteiger partial charge < -0.3 is 16.2 Å². The highest BCUT2D eigenvalue weighted by atomic mass is 16.3. The van der Waals surface area contributed by atoms with Crippen LogP contribution >= 0.6 is 0 Å². The number of aliphatic hydroxyl groups is 1. The number of amides is 1. The average molecular weight is 345 g/mol. The quantitative estimate of drug-likeness (QED) is 0.766. The van der Waals surface area contributed by atoms with Gasteiger partial charge in [0.2, 0.25) is 5.91 Å². The maximum atomic E-state index is 12.6. The summed E-state index contributed by atoms with van der Waals surface area (Å²) in [5, 5.41) is 12.3. The summed E-state index contributed by atoms with van der Waals surface area (Å²) in [7, 11) is 0. The number of hydrogen-bond acceptors (Lipinski definition) is 4. The highest BCUT2D eigenvalue weighted by Gasteiger charge is 2.35. The van der Waals surface area contributed by atoms with Crippen LogP contribution in [0.3, 0.4) is 0 Å². The lowest BCUT2D eigenvalue weighted by molar-refractivity contribution is -0.122. The molecule has 1 saturated heterocycles. The molecule has 4 N–H and O–H groups in total. The molecule has 0 aromatic heterocycles. The lowest BCUT2D eigenvalue weighted by Gasteiger charge is -2.32. The summed E-state index contributed by atoms with van der Waals surface area (Å²) >= 11 is 0. The van der Waals surface area contributed by atoms with Crippen molar-refractivity contribution in [2.75, 3.05) is 25.0 Å². The van der Waals surface area contributed by atoms with Crippen molar-refractivity contribution in [2.24, 2.45) is 11.7 Å². The van der Waals surface area contributed by atoms with Crippen LogP contribution < -0.4 is 11.1 Å². The maximum Gasteiger partial charge on any atom is 0.244 e. The van der Waals surface area contributed by atoms with E-state index in [1.54, 1.807) is 0 Å². The summed E-state index contributed by atoms with van der Waals surface area (Å²) in [6.07, 6.45) is 6.91. The van der Waals surface area contributed by atoms with Crippen molar-refractivity contribution in [3.05, 3.63) is 29.8 Å². The van der Waals surface area contributed by atoms with Crippen LogP contribution in [0.5, 0.6) is 0 Å². The van der Waals surface area contributed by atoms with Crippen LogP contribution in [0.2, 0.25) is 0 Å². The average Bonchev–Trinajstić information content (AvgIpc) is 2.63. The molecule has 1 amide bonds. The lowest BCUT2D eigenvalue weighted by atomic mass is 9.82. The van der Waals surface area contributed by atoms with Crippen LogP contribution in [-0.2, 0) is 11.3 Å². The second-order valence-electron chi connectivity index (χ2n) is 7.77. The highest BCUT2D eigenvalue weighted by Crippen LogP contribution is 2.27. The van der Waals surface area contributed by atoms with Crippen LogP contribution in [0.25, 0.3) is 0 Å². The molecule has 5 nitrogen and oxygen atoms in total. The maximum absolute atomic E-state index is 12.6. The molecule has 0 radical (unpaired) electrons. The Labute approximate surface area is 150 Å². The summed E-state index contributed by atoms with van der Waals surface area (Å²) < 4.78 is 0. The zero-order valence-electron chi connectivity index (χ0n) is 15.0. The molecule has 25 heavy (non-hydrogen) atoms. The molecule has 0 unspecified atom stereocenters. The van der Waals surface area contributed by atoms with Crippen LogP contribution in [0.15, 0.2) is 24.3 Å². The SMILES string of the molecule is NC1(C(=O)Nc2cccc(CN3CCC(CO)CC3)c2)CCCCC1. The number of piperidine rings is 1. The van der Waals surface area contributed by atoms with Crippen molar-refractivity contribution in [1.82, 2.24) is 4.90 Å². The van der Waals surface area contributed by atoms with Crippen molar-refractivity contribution < 1.29 is 9.90 Å². The third kappa shape index (κ3) is 4.81. The summed E-state index contributed by atoms with van der Waals surface area (Å²) in [5.41, 5.74) is 7.66. The molecule has 0 bridgehead atoms. The van der Waals surface area contributed by atoms with E-state index in [1.807, 2.05) is 12.1 Å². The van der Waals surface area contributed by atoms with Gasteiger partial charge in [-0.3, -0.25) is 9.69 Å². The molecule has 1 aliphatic heterocycles. The number of likely N-dealkylation sites (tertiary alicyclic amines) is 1. The van der Waals surface area contributed by atoms with Crippen molar-refractivity contribution in [3.8, 4) is 0 Å². The summed E-state index contributed by atoms with van der Waals surface area (Å²) in [5.74, 6) is 0.409. The van der Waals surface area contributed by atoms with Gasteiger partial charge in [-0.15, -0.1) is 0 Å². The molecule has 1 aliphatic carbocycles. The largest absolute Gasteiger partial charge is 0.396 e. The molecule has 1 aromatic carbocycles. The Morgan fingerprint density at radius 1 is 1.24 bits per heavy atom. The molecule has 1 saturated carbocycles. The van der Waals surface area contributed by atoms with E-state index in [0.29, 0.717) is 12.5 Å². The fourth-order valence-electron chi connectivity index (χ4n) is 4.00. The standard InChI is InChI=1S/C20H31N3O2/c21-20(9-2-1-3-10-20)19(25)22-18-6-4-5-17(13-18)14-23-11-7-16(15-24)8-12-23/h4-6,13,16,24H,1-3,7-12,14-15,21H2,(H,22,25). The first-order valence-electron chi connectivity index (χ1n) is 9.61. The third-order valence-electron chi connectivity index (χ3n) is 5.75. The molecule has 2 fully saturated rings. The van der Waals surface area contributed by atoms with E-state index < -0.39 is 5.54 Å². The van der Waals surface area contributed by atoms with Crippen molar-refractivity contribution in [1.29, 1.82) is 0 Å². The van der Waals surface area contributed by atoms with E-state index >= 15 is 0 Å². The number of carbonyl (C=O) groups excluding carboxylic acids is 1. The number of anilines is 1. The molecule has 1 aromatic rings. The zero-order valence-corrected chi connectivity index (χ0v) is 15.0. The Balaban J connectivity index is 1.57. The van der Waals surface area contributed by atoms with Gasteiger partial charge in [0.25, 0.3) is 0 Å². The molecule has 138 valence electrons. The second-order valence-corrected chi connectivity index (χ2v) is 7.77. The van der Waals surface area contributed by atoms with Gasteiger partial charge in [-0.05, 0) is 62.4 Å². The third-order valence-corrected chi connectivity index (χ3v) is 5.75. The van der Waals surface area contributed by atoms with Crippen molar-refractivity contribution in [2.45, 2.75) is 57.0 Å². The van der Waals surface area contributed by atoms with Crippen molar-refractivity contribution in [3.63, 3.8) is 0 Å². The fourth-order valence-corrected chi connectivity index (χ4v) is 4.00. The van der Waals surface area contributed by atoms with Gasteiger partial charge in [0, 0.05) is 18.8 Å². The topological polar surface area (TPSA) is 78.6 Å². The highest BCUT2D eigenvalue weighted by molar-refractivity contribution is 5.98. The van der Waals surface area contributed by atoms with Gasteiger partial charge in [-0.2, -0.15) is 0 Å². The molecule has 2 aliphatic rings. The molecule has 0 atom stereocenters. The Morgan fingerprint density at radius 3 is 2.64 bits per heavy atom. The van der Waals surface area contributed by atoms with Crippen molar-refractivity contribution >= 4 is 11.6 Å². The predicted octanol–water partition coefficient (Wildman–Crippen LogP) is 2.49. The summed E-state index contributed by atoms with van der Waals surface area (Å²) in [6.45, 7) is 3.23. The van der Waals surface area contributed by atoms with E-state index in [9.17, 15) is 9.90 Å². The smallest absolute Gasteiger partial charge is 0.244 e. The van der Waals surface area contributed by atoms with E-state index in [0.717, 1.165) is 63.8 Å². The lowest BCUT2D eigenvalue weighted by Crippen LogP contribution is -2.52. The number of carbonyl (C=O) groups is 1. The van der Waals surface area contributed by atoms with Gasteiger partial charge in [0.15, 0.2) is 0 Å². The number of rotatable bonds is 5. The van der Waals surface area contributed by atoms with E-state index in [4.69, 9.17) is 5.73 Å². The Kier molecular flexibility index (Phi) is 6.10. The van der Waals surface area contributed by atoms with Gasteiger partial charge in [0.1, 0.15) is 0 Å². The molecular weight excluding hydrogens is 314 g/mol. The molecule has 5 heteroatoms. The summed E-state index contributed by atoms with van der Waals surface area (Å²) in [6, 6.07) is 8.09. The normalized spacial score (nSPS) is 21.8. The number of nitrogens with zero attached hydrogens (tertiary/aromatic N) is 1. The number of nitrogens with one attached hydrogen (secondary N) is 1. The van der Waals surface area contributed by atoms with Crippen LogP contribution in [-0.4, -0.2) is 41.1 Å². The van der Waals surface area contributed by atoms with Gasteiger partial charge in [0.05, 0.1) is 5.54 Å². The Bertz CT molecular complexity index is 576. The molecule has 0 spiro atoms. The van der Waals surface area contributed by atoms with E-state index in [1.165, 1.54) is 12.0 Å². The number of nitrogens with two attached hydrogens (primary N) is 1. The van der Waals surface area contributed by atoms with E-state index in [2.05, 4.69) is 22.3 Å². The Hall–Kier alpha value is -1.43. The van der Waals surface area contributed by atoms with Gasteiger partial charge in [-0.1, -0.05) is 31.4 Å². The zero-order chi connectivity index (χ0) is 17.7.